The lowest BCUT2D eigenvalue weighted by Crippen LogP contribution is -2.38. The molecule has 130 valence electrons. The molecule has 0 aliphatic heterocycles. The summed E-state index contributed by atoms with van der Waals surface area (Å²) in [5.41, 5.74) is 0.331. The van der Waals surface area contributed by atoms with Crippen LogP contribution < -0.4 is 5.32 Å². The monoisotopic (exact) mass is 319 g/mol. The molecule has 0 radical (unpaired) electrons. The van der Waals surface area contributed by atoms with Gasteiger partial charge in [-0.2, -0.15) is 0 Å². The first-order valence-corrected chi connectivity index (χ1v) is 9.37. The van der Waals surface area contributed by atoms with Crippen molar-refractivity contribution in [2.75, 3.05) is 6.54 Å². The van der Waals surface area contributed by atoms with Crippen LogP contribution in [0.15, 0.2) is 0 Å². The average Bonchev–Trinajstić information content (AvgIpc) is 2.44. The van der Waals surface area contributed by atoms with Gasteiger partial charge in [0.1, 0.15) is 0 Å². The fraction of sp³-hybridized carbons (Fsp3) is 1.00. The number of rotatable bonds is 15. The Kier molecular flexibility index (Phi) is 18.6. The zero-order valence-corrected chi connectivity index (χ0v) is 16.1. The van der Waals surface area contributed by atoms with E-state index in [1.165, 1.54) is 90.0 Å². The molecule has 0 bridgehead atoms. The summed E-state index contributed by atoms with van der Waals surface area (Å²) in [6, 6.07) is 0. The number of unbranched alkanes of at least 4 members (excludes halogenated alkanes) is 11. The average molecular weight is 320 g/mol. The quantitative estimate of drug-likeness (QED) is 0.324. The predicted octanol–water partition coefficient (Wildman–Crippen LogP) is 6.89. The van der Waals surface area contributed by atoms with Crippen molar-refractivity contribution >= 4 is 12.4 Å². The van der Waals surface area contributed by atoms with Crippen molar-refractivity contribution in [3.05, 3.63) is 0 Å². The van der Waals surface area contributed by atoms with Crippen molar-refractivity contribution in [3.63, 3.8) is 0 Å². The van der Waals surface area contributed by atoms with Gasteiger partial charge in [0.25, 0.3) is 0 Å². The molecule has 2 heteroatoms. The molecule has 0 rings (SSSR count). The van der Waals surface area contributed by atoms with Crippen LogP contribution in [-0.4, -0.2) is 12.1 Å². The number of hydrogen-bond acceptors (Lipinski definition) is 1. The molecule has 0 aromatic carbocycles. The Morgan fingerprint density at radius 3 is 1.38 bits per heavy atom. The van der Waals surface area contributed by atoms with Crippen molar-refractivity contribution < 1.29 is 0 Å². The Morgan fingerprint density at radius 2 is 1.00 bits per heavy atom. The van der Waals surface area contributed by atoms with E-state index in [2.05, 4.69) is 33.0 Å². The molecule has 0 saturated heterocycles. The number of hydrogen-bond donors (Lipinski definition) is 1. The van der Waals surface area contributed by atoms with E-state index in [-0.39, 0.29) is 12.4 Å². The Labute approximate surface area is 141 Å². The van der Waals surface area contributed by atoms with Gasteiger partial charge >= 0.3 is 0 Å². The number of nitrogens with one attached hydrogen (secondary N) is 1. The third-order valence-corrected chi connectivity index (χ3v) is 4.52. The second kappa shape index (κ2) is 16.6. The first-order chi connectivity index (χ1) is 9.62. The molecule has 0 spiro atoms. The molecular weight excluding hydrogens is 278 g/mol. The van der Waals surface area contributed by atoms with Crippen LogP contribution in [0.4, 0.5) is 0 Å². The highest BCUT2D eigenvalue weighted by atomic mass is 35.5. The maximum Gasteiger partial charge on any atom is 0.0122 e. The van der Waals surface area contributed by atoms with Crippen LogP contribution >= 0.6 is 12.4 Å². The molecule has 0 aromatic rings. The van der Waals surface area contributed by atoms with Crippen LogP contribution in [0.3, 0.4) is 0 Å². The van der Waals surface area contributed by atoms with Gasteiger partial charge in [0.15, 0.2) is 0 Å². The van der Waals surface area contributed by atoms with E-state index in [9.17, 15) is 0 Å². The molecule has 0 aromatic heterocycles. The molecule has 0 fully saturated rings. The molecule has 21 heavy (non-hydrogen) atoms. The lowest BCUT2D eigenvalue weighted by atomic mass is 10.0. The Bertz CT molecular complexity index is 192. The minimum absolute atomic E-state index is 0. The van der Waals surface area contributed by atoms with Crippen LogP contribution in [0.25, 0.3) is 0 Å². The van der Waals surface area contributed by atoms with Crippen LogP contribution in [0.1, 0.15) is 111 Å². The molecule has 0 aliphatic carbocycles. The van der Waals surface area contributed by atoms with Gasteiger partial charge in [0.2, 0.25) is 0 Å². The van der Waals surface area contributed by atoms with Crippen LogP contribution in [0.5, 0.6) is 0 Å². The highest BCUT2D eigenvalue weighted by Crippen LogP contribution is 2.12. The first-order valence-electron chi connectivity index (χ1n) is 9.37. The van der Waals surface area contributed by atoms with Crippen molar-refractivity contribution in [1.82, 2.24) is 5.32 Å². The van der Waals surface area contributed by atoms with Gasteiger partial charge in [-0.3, -0.25) is 0 Å². The third kappa shape index (κ3) is 18.2. The minimum atomic E-state index is 0. The zero-order valence-electron chi connectivity index (χ0n) is 15.3. The molecule has 1 nitrogen and oxygen atoms in total. The van der Waals surface area contributed by atoms with Crippen LogP contribution in [-0.2, 0) is 0 Å². The van der Waals surface area contributed by atoms with Gasteiger partial charge in [-0.15, -0.1) is 12.4 Å². The highest BCUT2D eigenvalue weighted by Gasteiger charge is 2.12. The third-order valence-electron chi connectivity index (χ3n) is 4.52. The van der Waals surface area contributed by atoms with E-state index in [1.54, 1.807) is 0 Å². The predicted molar refractivity (Wildman–Crippen MR) is 101 cm³/mol. The lowest BCUT2D eigenvalue weighted by molar-refractivity contribution is 0.370. The molecule has 0 atom stereocenters. The van der Waals surface area contributed by atoms with Gasteiger partial charge in [0.05, 0.1) is 0 Å². The summed E-state index contributed by atoms with van der Waals surface area (Å²) in [6.07, 6.45) is 18.4. The second-order valence-electron chi connectivity index (χ2n) is 7.05. The van der Waals surface area contributed by atoms with Gasteiger partial charge in [-0.1, -0.05) is 84.5 Å². The molecular formula is C19H42ClN. The summed E-state index contributed by atoms with van der Waals surface area (Å²) in [5, 5.41) is 3.64. The minimum Gasteiger partial charge on any atom is -0.312 e. The highest BCUT2D eigenvalue weighted by molar-refractivity contribution is 5.85. The molecule has 1 N–H and O–H groups in total. The summed E-state index contributed by atoms with van der Waals surface area (Å²) >= 11 is 0. The van der Waals surface area contributed by atoms with Gasteiger partial charge < -0.3 is 5.32 Å². The molecule has 0 aliphatic rings. The SMILES string of the molecule is CCCCCCCCCCCCCCNC(C)(C)CC.Cl. The normalized spacial score (nSPS) is 11.4. The summed E-state index contributed by atoms with van der Waals surface area (Å²) in [5.74, 6) is 0. The zero-order chi connectivity index (χ0) is 15.1. The van der Waals surface area contributed by atoms with E-state index in [0.717, 1.165) is 0 Å². The molecule has 0 unspecified atom stereocenters. The van der Waals surface area contributed by atoms with Crippen molar-refractivity contribution in [2.45, 2.75) is 117 Å². The Hall–Kier alpha value is 0.250. The van der Waals surface area contributed by atoms with Gasteiger partial charge in [0, 0.05) is 5.54 Å². The van der Waals surface area contributed by atoms with Crippen molar-refractivity contribution in [3.8, 4) is 0 Å². The standard InChI is InChI=1S/C19H41N.ClH/c1-5-7-8-9-10-11-12-13-14-15-16-17-18-20-19(3,4)6-2;/h20H,5-18H2,1-4H3;1H. The Balaban J connectivity index is 0. The van der Waals surface area contributed by atoms with Gasteiger partial charge in [-0.05, 0) is 33.2 Å². The smallest absolute Gasteiger partial charge is 0.0122 e. The van der Waals surface area contributed by atoms with E-state index >= 15 is 0 Å². The van der Waals surface area contributed by atoms with Crippen LogP contribution in [0, 0.1) is 0 Å². The molecule has 0 amide bonds. The van der Waals surface area contributed by atoms with Gasteiger partial charge in [-0.25, -0.2) is 0 Å². The lowest BCUT2D eigenvalue weighted by Gasteiger charge is -2.24. The van der Waals surface area contributed by atoms with E-state index in [1.807, 2.05) is 0 Å². The molecule has 0 saturated carbocycles. The van der Waals surface area contributed by atoms with E-state index in [4.69, 9.17) is 0 Å². The number of halogens is 1. The van der Waals surface area contributed by atoms with Crippen molar-refractivity contribution in [1.29, 1.82) is 0 Å². The maximum atomic E-state index is 3.64. The topological polar surface area (TPSA) is 12.0 Å². The fourth-order valence-electron chi connectivity index (χ4n) is 2.52. The largest absolute Gasteiger partial charge is 0.312 e. The Morgan fingerprint density at radius 1 is 0.619 bits per heavy atom. The second-order valence-corrected chi connectivity index (χ2v) is 7.05. The molecule has 0 heterocycles. The summed E-state index contributed by atoms with van der Waals surface area (Å²) in [4.78, 5) is 0. The first kappa shape index (κ1) is 23.5. The summed E-state index contributed by atoms with van der Waals surface area (Å²) in [7, 11) is 0. The van der Waals surface area contributed by atoms with E-state index in [0.29, 0.717) is 5.54 Å². The summed E-state index contributed by atoms with van der Waals surface area (Å²) in [6.45, 7) is 10.3. The van der Waals surface area contributed by atoms with E-state index < -0.39 is 0 Å². The van der Waals surface area contributed by atoms with Crippen molar-refractivity contribution in [2.24, 2.45) is 0 Å². The summed E-state index contributed by atoms with van der Waals surface area (Å²) < 4.78 is 0. The fourth-order valence-corrected chi connectivity index (χ4v) is 2.52. The maximum absolute atomic E-state index is 3.64. The van der Waals surface area contributed by atoms with Crippen LogP contribution in [0.2, 0.25) is 0 Å².